The smallest absolute Gasteiger partial charge is 0.124 e. The minimum atomic E-state index is -0.217. The number of halogens is 1. The molecule has 0 atom stereocenters. The summed E-state index contributed by atoms with van der Waals surface area (Å²) in [7, 11) is 0. The third kappa shape index (κ3) is 4.54. The first-order chi connectivity index (χ1) is 20.7. The molecular formula is C39H24FNS. The molecule has 0 saturated heterocycles. The van der Waals surface area contributed by atoms with Crippen molar-refractivity contribution >= 4 is 43.1 Å². The summed E-state index contributed by atoms with van der Waals surface area (Å²) in [5, 5.41) is 5.84. The summed E-state index contributed by atoms with van der Waals surface area (Å²) in [6.45, 7) is 0. The molecule has 7 aromatic carbocycles. The summed E-state index contributed by atoms with van der Waals surface area (Å²) in [6, 6.07) is 50.0. The standard InChI is InChI=1S/C39H24FNS/c40-36-19-17-26(18-20-36)29-10-12-33-24-35(16-14-31(33)22-29)34-15-13-30-21-28(9-11-32(30)23-34)25-5-7-27(8-6-25)39-41-37-3-1-2-4-38(37)42-39/h1-24H. The van der Waals surface area contributed by atoms with E-state index >= 15 is 0 Å². The third-order valence-corrected chi connectivity index (χ3v) is 9.04. The van der Waals surface area contributed by atoms with Gasteiger partial charge in [0.05, 0.1) is 10.2 Å². The van der Waals surface area contributed by atoms with Crippen molar-refractivity contribution in [3.05, 3.63) is 151 Å². The number of hydrogen-bond acceptors (Lipinski definition) is 2. The van der Waals surface area contributed by atoms with Crippen molar-refractivity contribution in [2.24, 2.45) is 0 Å². The van der Waals surface area contributed by atoms with Crippen LogP contribution in [0.2, 0.25) is 0 Å². The molecule has 0 N–H and O–H groups in total. The first-order valence-electron chi connectivity index (χ1n) is 14.0. The molecule has 0 fully saturated rings. The molecule has 0 bridgehead atoms. The van der Waals surface area contributed by atoms with Gasteiger partial charge in [0.25, 0.3) is 0 Å². The van der Waals surface area contributed by atoms with Gasteiger partial charge in [0.2, 0.25) is 0 Å². The van der Waals surface area contributed by atoms with E-state index in [4.69, 9.17) is 4.98 Å². The fraction of sp³-hybridized carbons (Fsp3) is 0. The minimum absolute atomic E-state index is 0.217. The Morgan fingerprint density at radius 3 is 1.31 bits per heavy atom. The Labute approximate surface area is 247 Å². The molecule has 0 aliphatic heterocycles. The molecule has 1 aromatic heterocycles. The summed E-state index contributed by atoms with van der Waals surface area (Å²) < 4.78 is 14.6. The van der Waals surface area contributed by atoms with Crippen LogP contribution in [0.3, 0.4) is 0 Å². The van der Waals surface area contributed by atoms with Crippen LogP contribution >= 0.6 is 11.3 Å². The average molecular weight is 558 g/mol. The molecule has 0 spiro atoms. The van der Waals surface area contributed by atoms with Crippen molar-refractivity contribution in [1.29, 1.82) is 0 Å². The molecule has 0 aliphatic carbocycles. The Balaban J connectivity index is 1.06. The molecule has 1 heterocycles. The summed E-state index contributed by atoms with van der Waals surface area (Å²) >= 11 is 1.73. The Morgan fingerprint density at radius 1 is 0.405 bits per heavy atom. The zero-order valence-electron chi connectivity index (χ0n) is 22.6. The summed E-state index contributed by atoms with van der Waals surface area (Å²) in [4.78, 5) is 4.80. The molecule has 42 heavy (non-hydrogen) atoms. The number of rotatable bonds is 4. The van der Waals surface area contributed by atoms with Gasteiger partial charge in [-0.1, -0.05) is 97.1 Å². The highest BCUT2D eigenvalue weighted by atomic mass is 32.1. The minimum Gasteiger partial charge on any atom is -0.236 e. The Hall–Kier alpha value is -5.12. The second-order valence-electron chi connectivity index (χ2n) is 10.6. The van der Waals surface area contributed by atoms with Crippen LogP contribution in [0.5, 0.6) is 0 Å². The second-order valence-corrected chi connectivity index (χ2v) is 11.7. The number of hydrogen-bond donors (Lipinski definition) is 0. The van der Waals surface area contributed by atoms with Gasteiger partial charge in [-0.05, 0) is 103 Å². The lowest BCUT2D eigenvalue weighted by atomic mass is 9.95. The fourth-order valence-electron chi connectivity index (χ4n) is 5.65. The van der Waals surface area contributed by atoms with Crippen molar-refractivity contribution < 1.29 is 4.39 Å². The van der Waals surface area contributed by atoms with E-state index in [1.165, 1.54) is 60.6 Å². The van der Waals surface area contributed by atoms with Crippen molar-refractivity contribution in [2.75, 3.05) is 0 Å². The second kappa shape index (κ2) is 10.1. The molecule has 0 unspecified atom stereocenters. The van der Waals surface area contributed by atoms with Crippen molar-refractivity contribution in [3.8, 4) is 44.0 Å². The highest BCUT2D eigenvalue weighted by Crippen LogP contribution is 2.34. The Bertz CT molecular complexity index is 2210. The number of nitrogens with zero attached hydrogens (tertiary/aromatic N) is 1. The Kier molecular flexibility index (Phi) is 5.90. The molecule has 0 radical (unpaired) electrons. The van der Waals surface area contributed by atoms with Crippen LogP contribution in [0.4, 0.5) is 4.39 Å². The number of benzene rings is 7. The van der Waals surface area contributed by atoms with Gasteiger partial charge in [-0.2, -0.15) is 0 Å². The molecule has 0 aliphatic rings. The van der Waals surface area contributed by atoms with Gasteiger partial charge in [0.1, 0.15) is 10.8 Å². The van der Waals surface area contributed by atoms with Crippen molar-refractivity contribution in [2.45, 2.75) is 0 Å². The summed E-state index contributed by atoms with van der Waals surface area (Å²) in [6.07, 6.45) is 0. The van der Waals surface area contributed by atoms with Gasteiger partial charge in [-0.15, -0.1) is 11.3 Å². The summed E-state index contributed by atoms with van der Waals surface area (Å²) in [5.41, 5.74) is 9.08. The number of fused-ring (bicyclic) bond motifs is 3. The lowest BCUT2D eigenvalue weighted by Crippen LogP contribution is -1.84. The maximum absolute atomic E-state index is 13.3. The lowest BCUT2D eigenvalue weighted by molar-refractivity contribution is 0.628. The predicted octanol–water partition coefficient (Wildman–Crippen LogP) is 11.4. The number of aromatic nitrogens is 1. The van der Waals surface area contributed by atoms with Crippen LogP contribution in [0.15, 0.2) is 146 Å². The van der Waals surface area contributed by atoms with E-state index in [0.717, 1.165) is 27.2 Å². The van der Waals surface area contributed by atoms with E-state index < -0.39 is 0 Å². The van der Waals surface area contributed by atoms with Gasteiger partial charge in [-0.25, -0.2) is 9.37 Å². The predicted molar refractivity (Wildman–Crippen MR) is 176 cm³/mol. The molecular weight excluding hydrogens is 534 g/mol. The zero-order valence-corrected chi connectivity index (χ0v) is 23.4. The van der Waals surface area contributed by atoms with E-state index in [2.05, 4.69) is 115 Å². The maximum atomic E-state index is 13.3. The Morgan fingerprint density at radius 2 is 0.810 bits per heavy atom. The van der Waals surface area contributed by atoms with Crippen LogP contribution in [-0.4, -0.2) is 4.98 Å². The molecule has 198 valence electrons. The first kappa shape index (κ1) is 24.7. The average Bonchev–Trinajstić information content (AvgIpc) is 3.49. The van der Waals surface area contributed by atoms with Crippen LogP contribution in [0, 0.1) is 5.82 Å². The molecule has 0 amide bonds. The number of thiazole rings is 1. The largest absolute Gasteiger partial charge is 0.236 e. The maximum Gasteiger partial charge on any atom is 0.124 e. The van der Waals surface area contributed by atoms with Crippen molar-refractivity contribution in [3.63, 3.8) is 0 Å². The van der Waals surface area contributed by atoms with E-state index in [9.17, 15) is 4.39 Å². The molecule has 8 aromatic rings. The van der Waals surface area contributed by atoms with E-state index in [0.29, 0.717) is 0 Å². The zero-order chi connectivity index (χ0) is 28.0. The lowest BCUT2D eigenvalue weighted by Gasteiger charge is -2.09. The van der Waals surface area contributed by atoms with Gasteiger partial charge in [0.15, 0.2) is 0 Å². The topological polar surface area (TPSA) is 12.9 Å². The highest BCUT2D eigenvalue weighted by Gasteiger charge is 2.08. The molecule has 1 nitrogen and oxygen atoms in total. The highest BCUT2D eigenvalue weighted by molar-refractivity contribution is 7.21. The third-order valence-electron chi connectivity index (χ3n) is 7.95. The van der Waals surface area contributed by atoms with Crippen LogP contribution in [0.1, 0.15) is 0 Å². The van der Waals surface area contributed by atoms with E-state index in [1.807, 2.05) is 18.2 Å². The normalized spacial score (nSPS) is 11.5. The van der Waals surface area contributed by atoms with E-state index in [1.54, 1.807) is 11.3 Å². The van der Waals surface area contributed by atoms with Crippen molar-refractivity contribution in [1.82, 2.24) is 4.98 Å². The van der Waals surface area contributed by atoms with Gasteiger partial charge >= 0.3 is 0 Å². The summed E-state index contributed by atoms with van der Waals surface area (Å²) in [5.74, 6) is -0.217. The van der Waals surface area contributed by atoms with Gasteiger partial charge in [-0.3, -0.25) is 0 Å². The first-order valence-corrected chi connectivity index (χ1v) is 14.8. The quantitative estimate of drug-likeness (QED) is 0.210. The monoisotopic (exact) mass is 557 g/mol. The number of para-hydroxylation sites is 1. The molecule has 0 saturated carbocycles. The van der Waals surface area contributed by atoms with Crippen LogP contribution in [-0.2, 0) is 0 Å². The molecule has 8 rings (SSSR count). The van der Waals surface area contributed by atoms with E-state index in [-0.39, 0.29) is 5.82 Å². The van der Waals surface area contributed by atoms with Gasteiger partial charge < -0.3 is 0 Å². The SMILES string of the molecule is Fc1ccc(-c2ccc3cc(-c4ccc5cc(-c6ccc(-c7nc8ccccc8s7)cc6)ccc5c4)ccc3c2)cc1. The fourth-order valence-corrected chi connectivity index (χ4v) is 6.62. The van der Waals surface area contributed by atoms with Gasteiger partial charge in [0, 0.05) is 5.56 Å². The van der Waals surface area contributed by atoms with Crippen LogP contribution in [0.25, 0.3) is 75.7 Å². The van der Waals surface area contributed by atoms with Crippen LogP contribution < -0.4 is 0 Å². The molecule has 3 heteroatoms.